The molecule has 2 heterocycles. The lowest BCUT2D eigenvalue weighted by Gasteiger charge is -2.17. The van der Waals surface area contributed by atoms with Crippen molar-refractivity contribution in [3.8, 4) is 0 Å². The van der Waals surface area contributed by atoms with Gasteiger partial charge in [-0.25, -0.2) is 9.78 Å². The van der Waals surface area contributed by atoms with Crippen molar-refractivity contribution >= 4 is 34.4 Å². The minimum Gasteiger partial charge on any atom is -0.465 e. The van der Waals surface area contributed by atoms with Crippen molar-refractivity contribution in [2.75, 3.05) is 19.1 Å². The molecule has 2 aromatic rings. The van der Waals surface area contributed by atoms with Crippen LogP contribution in [-0.2, 0) is 4.74 Å². The standard InChI is InChI=1S/C15H18N4O3S/c1-22-15(21)9-5-18-6-12-8(9)3-4-11(19-12)14(20)13(17)10(16)7-23-2/h3-6,10,13H,7,16-17H2,1-2H3/t10?,13-/m0/s1. The van der Waals surface area contributed by atoms with E-state index in [2.05, 4.69) is 9.97 Å². The zero-order chi connectivity index (χ0) is 17.0. The van der Waals surface area contributed by atoms with Gasteiger partial charge in [0.1, 0.15) is 5.69 Å². The number of hydrogen-bond acceptors (Lipinski definition) is 8. The van der Waals surface area contributed by atoms with Crippen LogP contribution in [0, 0.1) is 0 Å². The average molecular weight is 334 g/mol. The van der Waals surface area contributed by atoms with Crippen molar-refractivity contribution in [1.82, 2.24) is 9.97 Å². The zero-order valence-corrected chi connectivity index (χ0v) is 13.7. The number of ketones is 1. The van der Waals surface area contributed by atoms with Crippen LogP contribution in [0.5, 0.6) is 0 Å². The molecule has 0 saturated carbocycles. The van der Waals surface area contributed by atoms with E-state index in [0.717, 1.165) is 0 Å². The first-order valence-electron chi connectivity index (χ1n) is 6.87. The first kappa shape index (κ1) is 17.3. The van der Waals surface area contributed by atoms with Gasteiger partial charge in [0.15, 0.2) is 5.78 Å². The Labute approximate surface area is 137 Å². The van der Waals surface area contributed by atoms with Gasteiger partial charge in [0.2, 0.25) is 0 Å². The smallest absolute Gasteiger partial charge is 0.340 e. The number of esters is 1. The van der Waals surface area contributed by atoms with Crippen LogP contribution in [0.4, 0.5) is 0 Å². The van der Waals surface area contributed by atoms with Crippen molar-refractivity contribution in [2.24, 2.45) is 11.5 Å². The molecule has 0 fully saturated rings. The molecule has 0 amide bonds. The van der Waals surface area contributed by atoms with Crippen LogP contribution < -0.4 is 11.5 Å². The van der Waals surface area contributed by atoms with Gasteiger partial charge in [-0.1, -0.05) is 0 Å². The van der Waals surface area contributed by atoms with E-state index in [4.69, 9.17) is 16.2 Å². The maximum absolute atomic E-state index is 12.4. The van der Waals surface area contributed by atoms with Gasteiger partial charge in [0.05, 0.1) is 30.4 Å². The number of pyridine rings is 2. The molecule has 122 valence electrons. The first-order chi connectivity index (χ1) is 11.0. The second-order valence-electron chi connectivity index (χ2n) is 4.95. The molecule has 0 bridgehead atoms. The molecule has 23 heavy (non-hydrogen) atoms. The summed E-state index contributed by atoms with van der Waals surface area (Å²) in [4.78, 5) is 32.3. The van der Waals surface area contributed by atoms with Crippen LogP contribution in [0.3, 0.4) is 0 Å². The highest BCUT2D eigenvalue weighted by molar-refractivity contribution is 7.98. The largest absolute Gasteiger partial charge is 0.465 e. The average Bonchev–Trinajstić information content (AvgIpc) is 2.58. The van der Waals surface area contributed by atoms with E-state index >= 15 is 0 Å². The highest BCUT2D eigenvalue weighted by atomic mass is 32.2. The fourth-order valence-electron chi connectivity index (χ4n) is 2.12. The summed E-state index contributed by atoms with van der Waals surface area (Å²) in [5.41, 5.74) is 12.7. The number of rotatable bonds is 6. The summed E-state index contributed by atoms with van der Waals surface area (Å²) >= 11 is 1.52. The number of hydrogen-bond donors (Lipinski definition) is 2. The van der Waals surface area contributed by atoms with Gasteiger partial charge < -0.3 is 16.2 Å². The summed E-state index contributed by atoms with van der Waals surface area (Å²) < 4.78 is 4.71. The van der Waals surface area contributed by atoms with Crippen molar-refractivity contribution in [3.05, 3.63) is 35.8 Å². The number of nitrogens with two attached hydrogens (primary N) is 2. The lowest BCUT2D eigenvalue weighted by atomic mass is 10.0. The molecule has 2 rings (SSSR count). The van der Waals surface area contributed by atoms with E-state index in [-0.39, 0.29) is 11.5 Å². The lowest BCUT2D eigenvalue weighted by molar-refractivity contribution is 0.0602. The van der Waals surface area contributed by atoms with Gasteiger partial charge in [0.25, 0.3) is 0 Å². The highest BCUT2D eigenvalue weighted by Crippen LogP contribution is 2.18. The number of Topliss-reactive ketones (excluding diaryl/α,β-unsaturated/α-hetero) is 1. The maximum Gasteiger partial charge on any atom is 0.340 e. The topological polar surface area (TPSA) is 121 Å². The second-order valence-corrected chi connectivity index (χ2v) is 5.86. The van der Waals surface area contributed by atoms with Gasteiger partial charge in [-0.2, -0.15) is 11.8 Å². The number of ether oxygens (including phenoxy) is 1. The van der Waals surface area contributed by atoms with Crippen molar-refractivity contribution in [3.63, 3.8) is 0 Å². The summed E-state index contributed by atoms with van der Waals surface area (Å²) in [6.45, 7) is 0. The molecule has 2 atom stereocenters. The molecule has 0 aliphatic rings. The number of carbonyl (C=O) groups excluding carboxylic acids is 2. The van der Waals surface area contributed by atoms with Crippen LogP contribution in [0.2, 0.25) is 0 Å². The fraction of sp³-hybridized carbons (Fsp3) is 0.333. The Hall–Kier alpha value is -2.03. The predicted octanol–water partition coefficient (Wildman–Crippen LogP) is 0.617. The van der Waals surface area contributed by atoms with Crippen LogP contribution in [0.25, 0.3) is 10.9 Å². The molecular weight excluding hydrogens is 316 g/mol. The van der Waals surface area contributed by atoms with Crippen molar-refractivity contribution in [2.45, 2.75) is 12.1 Å². The van der Waals surface area contributed by atoms with E-state index in [1.54, 1.807) is 6.07 Å². The quantitative estimate of drug-likeness (QED) is 0.582. The van der Waals surface area contributed by atoms with Crippen molar-refractivity contribution in [1.29, 1.82) is 0 Å². The molecule has 7 nitrogen and oxygen atoms in total. The highest BCUT2D eigenvalue weighted by Gasteiger charge is 2.24. The molecule has 4 N–H and O–H groups in total. The van der Waals surface area contributed by atoms with Crippen LogP contribution in [0.15, 0.2) is 24.5 Å². The Morgan fingerprint density at radius 3 is 2.70 bits per heavy atom. The Kier molecular flexibility index (Phi) is 5.64. The molecule has 0 radical (unpaired) electrons. The van der Waals surface area contributed by atoms with Crippen LogP contribution in [-0.4, -0.2) is 52.9 Å². The zero-order valence-electron chi connectivity index (χ0n) is 12.9. The number of fused-ring (bicyclic) bond motifs is 1. The molecule has 0 spiro atoms. The molecule has 1 unspecified atom stereocenters. The molecule has 8 heteroatoms. The van der Waals surface area contributed by atoms with Crippen molar-refractivity contribution < 1.29 is 14.3 Å². The number of carbonyl (C=O) groups is 2. The van der Waals surface area contributed by atoms with Gasteiger partial charge in [0, 0.05) is 23.4 Å². The Bertz CT molecular complexity index is 738. The summed E-state index contributed by atoms with van der Waals surface area (Å²) in [7, 11) is 1.29. The summed E-state index contributed by atoms with van der Waals surface area (Å²) in [5.74, 6) is -0.270. The molecule has 0 aliphatic heterocycles. The number of nitrogens with zero attached hydrogens (tertiary/aromatic N) is 2. The van der Waals surface area contributed by atoms with Gasteiger partial charge in [-0.15, -0.1) is 0 Å². The van der Waals surface area contributed by atoms with Crippen LogP contribution >= 0.6 is 11.8 Å². The third kappa shape index (κ3) is 3.66. The summed E-state index contributed by atoms with van der Waals surface area (Å²) in [6.07, 6.45) is 4.77. The maximum atomic E-state index is 12.4. The molecule has 0 aliphatic carbocycles. The third-order valence-corrected chi connectivity index (χ3v) is 4.11. The molecule has 0 saturated heterocycles. The number of thioether (sulfide) groups is 1. The lowest BCUT2D eigenvalue weighted by Crippen LogP contribution is -2.48. The van der Waals surface area contributed by atoms with E-state index in [9.17, 15) is 9.59 Å². The van der Waals surface area contributed by atoms with E-state index in [1.165, 1.54) is 37.3 Å². The normalized spacial score (nSPS) is 13.6. The van der Waals surface area contributed by atoms with Gasteiger partial charge >= 0.3 is 5.97 Å². The second kappa shape index (κ2) is 7.49. The first-order valence-corrected chi connectivity index (χ1v) is 8.26. The molecular formula is C15H18N4O3S. The Morgan fingerprint density at radius 2 is 2.04 bits per heavy atom. The number of methoxy groups -OCH3 is 1. The Balaban J connectivity index is 2.37. The monoisotopic (exact) mass is 334 g/mol. The summed E-state index contributed by atoms with van der Waals surface area (Å²) in [5, 5.41) is 0.561. The summed E-state index contributed by atoms with van der Waals surface area (Å²) in [6, 6.07) is 1.89. The number of aromatic nitrogens is 2. The fourth-order valence-corrected chi connectivity index (χ4v) is 2.72. The predicted molar refractivity (Wildman–Crippen MR) is 89.5 cm³/mol. The van der Waals surface area contributed by atoms with E-state index < -0.39 is 18.1 Å². The SMILES string of the molecule is COC(=O)c1cncc2nc(C(=O)[C@@H](N)C(N)CSC)ccc12. The molecule has 2 aromatic heterocycles. The van der Waals surface area contributed by atoms with Gasteiger partial charge in [-0.3, -0.25) is 9.78 Å². The van der Waals surface area contributed by atoms with Gasteiger partial charge in [-0.05, 0) is 18.4 Å². The van der Waals surface area contributed by atoms with E-state index in [1.807, 2.05) is 6.26 Å². The third-order valence-electron chi connectivity index (χ3n) is 3.40. The van der Waals surface area contributed by atoms with E-state index in [0.29, 0.717) is 22.2 Å². The minimum atomic E-state index is -0.829. The van der Waals surface area contributed by atoms with Crippen LogP contribution in [0.1, 0.15) is 20.8 Å². The minimum absolute atomic E-state index is 0.199. The Morgan fingerprint density at radius 1 is 1.30 bits per heavy atom. The molecule has 0 aromatic carbocycles.